The minimum Gasteiger partial charge on any atom is -0.496 e. The predicted octanol–water partition coefficient (Wildman–Crippen LogP) is 1.73. The molecule has 108 valence electrons. The maximum atomic E-state index is 12.0. The Hall–Kier alpha value is -0.630. The molecule has 0 aliphatic rings. The lowest BCUT2D eigenvalue weighted by molar-refractivity contribution is 0.411. The summed E-state index contributed by atoms with van der Waals surface area (Å²) >= 11 is 3.27. The van der Waals surface area contributed by atoms with Crippen LogP contribution < -0.4 is 14.8 Å². The summed E-state index contributed by atoms with van der Waals surface area (Å²) in [6.45, 7) is 4.96. The van der Waals surface area contributed by atoms with Gasteiger partial charge in [0.1, 0.15) is 5.75 Å². The summed E-state index contributed by atoms with van der Waals surface area (Å²) in [7, 11) is -1.95. The summed E-state index contributed by atoms with van der Waals surface area (Å²) in [6.07, 6.45) is 0. The second-order valence-electron chi connectivity index (χ2n) is 4.30. The number of benzene rings is 1. The van der Waals surface area contributed by atoms with Crippen LogP contribution in [0.5, 0.6) is 5.75 Å². The minimum atomic E-state index is -3.48. The molecule has 5 nitrogen and oxygen atoms in total. The molecule has 1 aromatic carbocycles. The summed E-state index contributed by atoms with van der Waals surface area (Å²) in [4.78, 5) is 0.213. The molecule has 1 aromatic rings. The molecule has 0 saturated heterocycles. The highest BCUT2D eigenvalue weighted by Crippen LogP contribution is 2.27. The summed E-state index contributed by atoms with van der Waals surface area (Å²) in [5.41, 5.74) is 0. The molecular weight excluding hydrogens is 332 g/mol. The normalized spacial score (nSPS) is 11.8. The molecule has 1 rings (SSSR count). The van der Waals surface area contributed by atoms with E-state index < -0.39 is 10.0 Å². The monoisotopic (exact) mass is 350 g/mol. The van der Waals surface area contributed by atoms with Gasteiger partial charge in [0, 0.05) is 19.1 Å². The van der Waals surface area contributed by atoms with E-state index in [-0.39, 0.29) is 4.90 Å². The minimum absolute atomic E-state index is 0.213. The molecule has 0 aliphatic carbocycles. The Morgan fingerprint density at radius 2 is 2.00 bits per heavy atom. The molecule has 0 amide bonds. The van der Waals surface area contributed by atoms with Crippen LogP contribution in [0.2, 0.25) is 0 Å². The summed E-state index contributed by atoms with van der Waals surface area (Å²) in [6, 6.07) is 4.99. The van der Waals surface area contributed by atoms with Gasteiger partial charge in [0.25, 0.3) is 0 Å². The standard InChI is InChI=1S/C12H19BrN2O3S/c1-9(2)14-6-7-15-19(16,17)10-4-5-12(18-3)11(13)8-10/h4-5,8-9,14-15H,6-7H2,1-3H3. The summed E-state index contributed by atoms with van der Waals surface area (Å²) in [5.74, 6) is 0.598. The second-order valence-corrected chi connectivity index (χ2v) is 6.92. The highest BCUT2D eigenvalue weighted by Gasteiger charge is 2.15. The van der Waals surface area contributed by atoms with Crippen LogP contribution in [0, 0.1) is 0 Å². The van der Waals surface area contributed by atoms with E-state index in [1.807, 2.05) is 13.8 Å². The zero-order valence-corrected chi connectivity index (χ0v) is 13.6. The molecule has 0 radical (unpaired) electrons. The average Bonchev–Trinajstić information content (AvgIpc) is 2.34. The van der Waals surface area contributed by atoms with Crippen LogP contribution in [-0.2, 0) is 10.0 Å². The molecule has 0 bridgehead atoms. The van der Waals surface area contributed by atoms with E-state index >= 15 is 0 Å². The van der Waals surface area contributed by atoms with Crippen LogP contribution in [0.15, 0.2) is 27.6 Å². The van der Waals surface area contributed by atoms with Crippen molar-refractivity contribution in [3.05, 3.63) is 22.7 Å². The van der Waals surface area contributed by atoms with Crippen molar-refractivity contribution in [2.75, 3.05) is 20.2 Å². The Morgan fingerprint density at radius 3 is 2.53 bits per heavy atom. The number of ether oxygens (including phenoxy) is 1. The van der Waals surface area contributed by atoms with Crippen molar-refractivity contribution in [1.82, 2.24) is 10.0 Å². The van der Waals surface area contributed by atoms with Gasteiger partial charge in [0.15, 0.2) is 0 Å². The van der Waals surface area contributed by atoms with E-state index in [1.165, 1.54) is 19.2 Å². The Kier molecular flexibility index (Phi) is 6.25. The molecular formula is C12H19BrN2O3S. The van der Waals surface area contributed by atoms with Gasteiger partial charge >= 0.3 is 0 Å². The topological polar surface area (TPSA) is 67.4 Å². The van der Waals surface area contributed by atoms with Gasteiger partial charge in [0.2, 0.25) is 10.0 Å². The molecule has 0 atom stereocenters. The van der Waals surface area contributed by atoms with Gasteiger partial charge in [-0.15, -0.1) is 0 Å². The molecule has 0 saturated carbocycles. The van der Waals surface area contributed by atoms with E-state index in [1.54, 1.807) is 6.07 Å². The molecule has 19 heavy (non-hydrogen) atoms. The van der Waals surface area contributed by atoms with Gasteiger partial charge in [-0.1, -0.05) is 13.8 Å². The third-order valence-corrected chi connectivity index (χ3v) is 4.48. The Balaban J connectivity index is 2.69. The lowest BCUT2D eigenvalue weighted by Gasteiger charge is -2.11. The van der Waals surface area contributed by atoms with Gasteiger partial charge in [-0.25, -0.2) is 13.1 Å². The third kappa shape index (κ3) is 5.10. The first-order chi connectivity index (χ1) is 8.86. The highest BCUT2D eigenvalue weighted by atomic mass is 79.9. The molecule has 2 N–H and O–H groups in total. The Morgan fingerprint density at radius 1 is 1.32 bits per heavy atom. The number of hydrogen-bond acceptors (Lipinski definition) is 4. The number of rotatable bonds is 7. The average molecular weight is 351 g/mol. The van der Waals surface area contributed by atoms with E-state index in [0.717, 1.165) is 0 Å². The maximum Gasteiger partial charge on any atom is 0.240 e. The van der Waals surface area contributed by atoms with Crippen LogP contribution >= 0.6 is 15.9 Å². The molecule has 0 heterocycles. The van der Waals surface area contributed by atoms with Crippen LogP contribution in [0.25, 0.3) is 0 Å². The van der Waals surface area contributed by atoms with Crippen LogP contribution in [-0.4, -0.2) is 34.7 Å². The van der Waals surface area contributed by atoms with E-state index in [2.05, 4.69) is 26.0 Å². The fourth-order valence-corrected chi connectivity index (χ4v) is 3.19. The summed E-state index contributed by atoms with van der Waals surface area (Å²) < 4.78 is 32.3. The number of sulfonamides is 1. The zero-order chi connectivity index (χ0) is 14.5. The number of halogens is 1. The largest absolute Gasteiger partial charge is 0.496 e. The van der Waals surface area contributed by atoms with Gasteiger partial charge in [0.05, 0.1) is 16.5 Å². The lowest BCUT2D eigenvalue weighted by atomic mass is 10.3. The van der Waals surface area contributed by atoms with Crippen molar-refractivity contribution >= 4 is 26.0 Å². The van der Waals surface area contributed by atoms with Crippen molar-refractivity contribution < 1.29 is 13.2 Å². The first-order valence-corrected chi connectivity index (χ1v) is 8.21. The zero-order valence-electron chi connectivity index (χ0n) is 11.2. The molecule has 0 aromatic heterocycles. The number of methoxy groups -OCH3 is 1. The first-order valence-electron chi connectivity index (χ1n) is 5.93. The third-order valence-electron chi connectivity index (χ3n) is 2.40. The van der Waals surface area contributed by atoms with Crippen LogP contribution in [0.3, 0.4) is 0 Å². The van der Waals surface area contributed by atoms with Gasteiger partial charge in [-0.05, 0) is 34.1 Å². The van der Waals surface area contributed by atoms with E-state index in [9.17, 15) is 8.42 Å². The molecule has 0 fully saturated rings. The van der Waals surface area contributed by atoms with Crippen molar-refractivity contribution in [3.63, 3.8) is 0 Å². The van der Waals surface area contributed by atoms with Crippen LogP contribution in [0.1, 0.15) is 13.8 Å². The quantitative estimate of drug-likeness (QED) is 0.735. The van der Waals surface area contributed by atoms with E-state index in [0.29, 0.717) is 29.4 Å². The van der Waals surface area contributed by atoms with Gasteiger partial charge in [-0.3, -0.25) is 0 Å². The van der Waals surface area contributed by atoms with Crippen molar-refractivity contribution in [3.8, 4) is 5.75 Å². The molecule has 0 unspecified atom stereocenters. The fourth-order valence-electron chi connectivity index (χ4n) is 1.44. The SMILES string of the molecule is COc1ccc(S(=O)(=O)NCCNC(C)C)cc1Br. The van der Waals surface area contributed by atoms with Crippen molar-refractivity contribution in [2.24, 2.45) is 0 Å². The predicted molar refractivity (Wildman–Crippen MR) is 79.0 cm³/mol. The first kappa shape index (κ1) is 16.4. The second kappa shape index (κ2) is 7.23. The number of nitrogens with one attached hydrogen (secondary N) is 2. The number of hydrogen-bond donors (Lipinski definition) is 2. The maximum absolute atomic E-state index is 12.0. The highest BCUT2D eigenvalue weighted by molar-refractivity contribution is 9.10. The Labute approximate surface area is 122 Å². The van der Waals surface area contributed by atoms with E-state index in [4.69, 9.17) is 4.74 Å². The molecule has 0 spiro atoms. The van der Waals surface area contributed by atoms with Gasteiger partial charge in [-0.2, -0.15) is 0 Å². The van der Waals surface area contributed by atoms with Gasteiger partial charge < -0.3 is 10.1 Å². The van der Waals surface area contributed by atoms with Crippen molar-refractivity contribution in [1.29, 1.82) is 0 Å². The smallest absolute Gasteiger partial charge is 0.240 e. The van der Waals surface area contributed by atoms with Crippen LogP contribution in [0.4, 0.5) is 0 Å². The lowest BCUT2D eigenvalue weighted by Crippen LogP contribution is -2.34. The van der Waals surface area contributed by atoms with Crippen molar-refractivity contribution in [2.45, 2.75) is 24.8 Å². The fraction of sp³-hybridized carbons (Fsp3) is 0.500. The molecule has 7 heteroatoms. The Bertz CT molecular complexity index is 518. The molecule has 0 aliphatic heterocycles. The summed E-state index contributed by atoms with van der Waals surface area (Å²) in [5, 5.41) is 3.14.